The van der Waals surface area contributed by atoms with Crippen molar-refractivity contribution in [3.8, 4) is 0 Å². The molecule has 0 saturated carbocycles. The molecule has 0 unspecified atom stereocenters. The second kappa shape index (κ2) is 6.70. The summed E-state index contributed by atoms with van der Waals surface area (Å²) in [7, 11) is 0. The van der Waals surface area contributed by atoms with Crippen molar-refractivity contribution in [1.29, 1.82) is 0 Å². The Morgan fingerprint density at radius 1 is 1.24 bits per heavy atom. The van der Waals surface area contributed by atoms with Gasteiger partial charge in [-0.25, -0.2) is 5.43 Å². The maximum absolute atomic E-state index is 11.9. The molecule has 1 heterocycles. The Bertz CT molecular complexity index is 682. The number of hydrogen-bond donors (Lipinski definition) is 1. The van der Waals surface area contributed by atoms with E-state index in [0.29, 0.717) is 17.1 Å². The molecule has 0 spiro atoms. The summed E-state index contributed by atoms with van der Waals surface area (Å²) >= 11 is 0. The van der Waals surface area contributed by atoms with E-state index in [1.165, 1.54) is 0 Å². The van der Waals surface area contributed by atoms with Crippen LogP contribution in [0.2, 0.25) is 0 Å². The minimum atomic E-state index is -0.270. The fourth-order valence-electron chi connectivity index (χ4n) is 1.96. The Labute approximate surface area is 124 Å². The van der Waals surface area contributed by atoms with Crippen LogP contribution < -0.4 is 5.43 Å². The van der Waals surface area contributed by atoms with E-state index in [4.69, 9.17) is 4.42 Å². The van der Waals surface area contributed by atoms with E-state index in [0.717, 1.165) is 11.1 Å². The van der Waals surface area contributed by atoms with Crippen LogP contribution in [-0.4, -0.2) is 12.1 Å². The van der Waals surface area contributed by atoms with Crippen molar-refractivity contribution < 1.29 is 9.21 Å². The van der Waals surface area contributed by atoms with E-state index in [1.54, 1.807) is 26.1 Å². The molecule has 0 atom stereocenters. The molecule has 2 aromatic rings. The first kappa shape index (κ1) is 14.8. The molecule has 0 aliphatic heterocycles. The molecule has 0 saturated heterocycles. The standard InChI is InChI=1S/C17H18N2O2/c1-12(9-15-7-5-4-6-8-15)11-18-19-17(20)16-10-13(2)21-14(16)3/h4-11H,1-3H3,(H,19,20)/b12-9-,18-11-. The highest BCUT2D eigenvalue weighted by atomic mass is 16.3. The maximum atomic E-state index is 11.9. The van der Waals surface area contributed by atoms with Crippen LogP contribution in [0.25, 0.3) is 6.08 Å². The summed E-state index contributed by atoms with van der Waals surface area (Å²) in [5.41, 5.74) is 5.05. The monoisotopic (exact) mass is 282 g/mol. The summed E-state index contributed by atoms with van der Waals surface area (Å²) in [6, 6.07) is 11.6. The van der Waals surface area contributed by atoms with Crippen LogP contribution in [0, 0.1) is 13.8 Å². The van der Waals surface area contributed by atoms with Gasteiger partial charge in [-0.3, -0.25) is 4.79 Å². The smallest absolute Gasteiger partial charge is 0.274 e. The molecule has 21 heavy (non-hydrogen) atoms. The van der Waals surface area contributed by atoms with Gasteiger partial charge in [0, 0.05) is 0 Å². The van der Waals surface area contributed by atoms with E-state index in [9.17, 15) is 4.79 Å². The molecule has 1 aromatic carbocycles. The quantitative estimate of drug-likeness (QED) is 0.686. The first-order valence-electron chi connectivity index (χ1n) is 6.70. The number of hydrazone groups is 1. The molecule has 0 aliphatic carbocycles. The third-order valence-corrected chi connectivity index (χ3v) is 2.91. The Hall–Kier alpha value is -2.62. The van der Waals surface area contributed by atoms with E-state index in [-0.39, 0.29) is 5.91 Å². The maximum Gasteiger partial charge on any atom is 0.274 e. The van der Waals surface area contributed by atoms with Gasteiger partial charge in [0.25, 0.3) is 5.91 Å². The summed E-state index contributed by atoms with van der Waals surface area (Å²) in [6.45, 7) is 5.49. The van der Waals surface area contributed by atoms with Crippen molar-refractivity contribution in [2.24, 2.45) is 5.10 Å². The van der Waals surface area contributed by atoms with Gasteiger partial charge in [-0.2, -0.15) is 5.10 Å². The molecule has 4 nitrogen and oxygen atoms in total. The van der Waals surface area contributed by atoms with Crippen molar-refractivity contribution >= 4 is 18.2 Å². The van der Waals surface area contributed by atoms with Crippen LogP contribution in [0.3, 0.4) is 0 Å². The van der Waals surface area contributed by atoms with Crippen LogP contribution in [0.4, 0.5) is 0 Å². The average molecular weight is 282 g/mol. The van der Waals surface area contributed by atoms with Crippen LogP contribution in [0.15, 0.2) is 51.5 Å². The molecule has 2 rings (SSSR count). The van der Waals surface area contributed by atoms with Crippen molar-refractivity contribution in [2.45, 2.75) is 20.8 Å². The Morgan fingerprint density at radius 2 is 1.95 bits per heavy atom. The highest BCUT2D eigenvalue weighted by molar-refractivity contribution is 5.96. The number of benzene rings is 1. The summed E-state index contributed by atoms with van der Waals surface area (Å²) in [5, 5.41) is 3.96. The SMILES string of the molecule is CC(/C=N\NC(=O)c1cc(C)oc1C)=C/c1ccccc1. The predicted octanol–water partition coefficient (Wildman–Crippen LogP) is 3.72. The van der Waals surface area contributed by atoms with Gasteiger partial charge < -0.3 is 4.42 Å². The van der Waals surface area contributed by atoms with Crippen LogP contribution in [-0.2, 0) is 0 Å². The lowest BCUT2D eigenvalue weighted by Gasteiger charge is -1.98. The van der Waals surface area contributed by atoms with Crippen LogP contribution >= 0.6 is 0 Å². The Balaban J connectivity index is 1.97. The number of carbonyl (C=O) groups excluding carboxylic acids is 1. The predicted molar refractivity (Wildman–Crippen MR) is 84.2 cm³/mol. The molecule has 0 radical (unpaired) electrons. The number of aryl methyl sites for hydroxylation is 2. The van der Waals surface area contributed by atoms with Gasteiger partial charge in [-0.15, -0.1) is 0 Å². The van der Waals surface area contributed by atoms with E-state index < -0.39 is 0 Å². The molecule has 1 amide bonds. The summed E-state index contributed by atoms with van der Waals surface area (Å²) in [5.74, 6) is 1.03. The molecule has 1 aromatic heterocycles. The minimum absolute atomic E-state index is 0.270. The molecule has 0 bridgehead atoms. The lowest BCUT2D eigenvalue weighted by Crippen LogP contribution is -2.17. The van der Waals surface area contributed by atoms with E-state index in [1.807, 2.05) is 43.3 Å². The third kappa shape index (κ3) is 4.18. The molecule has 0 fully saturated rings. The number of nitrogens with zero attached hydrogens (tertiary/aromatic N) is 1. The first-order chi connectivity index (χ1) is 10.1. The van der Waals surface area contributed by atoms with Crippen molar-refractivity contribution in [3.05, 3.63) is 64.6 Å². The molecule has 4 heteroatoms. The number of nitrogens with one attached hydrogen (secondary N) is 1. The van der Waals surface area contributed by atoms with Gasteiger partial charge >= 0.3 is 0 Å². The van der Waals surface area contributed by atoms with Crippen LogP contribution in [0.5, 0.6) is 0 Å². The molecular weight excluding hydrogens is 264 g/mol. The summed E-state index contributed by atoms with van der Waals surface area (Å²) in [4.78, 5) is 11.9. The van der Waals surface area contributed by atoms with Crippen molar-refractivity contribution in [1.82, 2.24) is 5.43 Å². The highest BCUT2D eigenvalue weighted by Gasteiger charge is 2.12. The number of amides is 1. The highest BCUT2D eigenvalue weighted by Crippen LogP contribution is 2.13. The van der Waals surface area contributed by atoms with Gasteiger partial charge in [0.15, 0.2) is 0 Å². The number of allylic oxidation sites excluding steroid dienone is 1. The topological polar surface area (TPSA) is 54.6 Å². The van der Waals surface area contributed by atoms with Gasteiger partial charge in [0.1, 0.15) is 11.5 Å². The summed E-state index contributed by atoms with van der Waals surface area (Å²) in [6.07, 6.45) is 3.61. The second-order valence-electron chi connectivity index (χ2n) is 4.83. The zero-order valence-corrected chi connectivity index (χ0v) is 12.4. The Kier molecular flexibility index (Phi) is 4.72. The number of hydrogen-bond acceptors (Lipinski definition) is 3. The van der Waals surface area contributed by atoms with Crippen molar-refractivity contribution in [3.63, 3.8) is 0 Å². The molecular formula is C17H18N2O2. The normalized spacial score (nSPS) is 11.9. The largest absolute Gasteiger partial charge is 0.466 e. The minimum Gasteiger partial charge on any atom is -0.466 e. The number of carbonyl (C=O) groups is 1. The first-order valence-corrected chi connectivity index (χ1v) is 6.70. The van der Waals surface area contributed by atoms with E-state index in [2.05, 4.69) is 10.5 Å². The zero-order valence-electron chi connectivity index (χ0n) is 12.4. The van der Waals surface area contributed by atoms with Gasteiger partial charge in [0.05, 0.1) is 11.8 Å². The van der Waals surface area contributed by atoms with E-state index >= 15 is 0 Å². The fourth-order valence-corrected chi connectivity index (χ4v) is 1.96. The Morgan fingerprint density at radius 3 is 2.57 bits per heavy atom. The second-order valence-corrected chi connectivity index (χ2v) is 4.83. The lowest BCUT2D eigenvalue weighted by atomic mass is 10.1. The fraction of sp³-hybridized carbons (Fsp3) is 0.176. The van der Waals surface area contributed by atoms with Gasteiger partial charge in [-0.05, 0) is 38.0 Å². The molecule has 0 aliphatic rings. The van der Waals surface area contributed by atoms with Gasteiger partial charge in [-0.1, -0.05) is 36.4 Å². The molecule has 108 valence electrons. The number of rotatable bonds is 4. The average Bonchev–Trinajstić information content (AvgIpc) is 2.79. The number of furan rings is 1. The van der Waals surface area contributed by atoms with Crippen LogP contribution in [0.1, 0.15) is 34.4 Å². The lowest BCUT2D eigenvalue weighted by molar-refractivity contribution is 0.0953. The zero-order chi connectivity index (χ0) is 15.2. The summed E-state index contributed by atoms with van der Waals surface area (Å²) < 4.78 is 5.32. The third-order valence-electron chi connectivity index (χ3n) is 2.91. The van der Waals surface area contributed by atoms with Gasteiger partial charge in [0.2, 0.25) is 0 Å². The molecule has 1 N–H and O–H groups in total. The van der Waals surface area contributed by atoms with Crippen molar-refractivity contribution in [2.75, 3.05) is 0 Å².